The van der Waals surface area contributed by atoms with Gasteiger partial charge in [-0.1, -0.05) is 12.1 Å². The van der Waals surface area contributed by atoms with E-state index in [1.54, 1.807) is 31.1 Å². The van der Waals surface area contributed by atoms with Crippen LogP contribution in [-0.2, 0) is 0 Å². The molecular weight excluding hydrogens is 371 g/mol. The summed E-state index contributed by atoms with van der Waals surface area (Å²) >= 11 is 0. The zero-order valence-corrected chi connectivity index (χ0v) is 16.7. The van der Waals surface area contributed by atoms with Crippen molar-refractivity contribution < 1.29 is 9.18 Å². The van der Waals surface area contributed by atoms with Crippen molar-refractivity contribution in [2.75, 3.05) is 33.9 Å². The van der Waals surface area contributed by atoms with E-state index >= 15 is 0 Å². The Bertz CT molecular complexity index is 1140. The minimum absolute atomic E-state index is 0.0785. The molecule has 0 spiro atoms. The second-order valence-corrected chi connectivity index (χ2v) is 7.55. The number of benzene rings is 2. The van der Waals surface area contributed by atoms with E-state index in [0.717, 1.165) is 25.3 Å². The van der Waals surface area contributed by atoms with Gasteiger partial charge in [0.1, 0.15) is 5.82 Å². The van der Waals surface area contributed by atoms with Crippen LogP contribution in [0.1, 0.15) is 15.9 Å². The van der Waals surface area contributed by atoms with E-state index in [1.807, 2.05) is 30.3 Å². The number of nitrogens with one attached hydrogen (secondary N) is 1. The molecule has 1 aromatic heterocycles. The SMILES string of the molecule is Cc1cc(F)cc2c(=O)[nH]c(-c3ccc(C(=O)N(C)N4CCN(C)C4)cc3)cc12. The number of rotatable bonds is 3. The second-order valence-electron chi connectivity index (χ2n) is 7.55. The van der Waals surface area contributed by atoms with Gasteiger partial charge in [-0.2, -0.15) is 0 Å². The van der Waals surface area contributed by atoms with Crippen molar-refractivity contribution in [3.8, 4) is 11.3 Å². The van der Waals surface area contributed by atoms with E-state index < -0.39 is 5.82 Å². The third-order valence-electron chi connectivity index (χ3n) is 5.44. The molecule has 1 amide bonds. The third kappa shape index (κ3) is 3.66. The van der Waals surface area contributed by atoms with Gasteiger partial charge in [0.25, 0.3) is 11.5 Å². The van der Waals surface area contributed by atoms with Crippen LogP contribution >= 0.6 is 0 Å². The van der Waals surface area contributed by atoms with Crippen LogP contribution in [0.15, 0.2) is 47.3 Å². The Morgan fingerprint density at radius 2 is 1.83 bits per heavy atom. The Labute approximate surface area is 168 Å². The number of hydrogen-bond acceptors (Lipinski definition) is 4. The van der Waals surface area contributed by atoms with Crippen LogP contribution in [0.5, 0.6) is 0 Å². The lowest BCUT2D eigenvalue weighted by atomic mass is 10.0. The maximum Gasteiger partial charge on any atom is 0.267 e. The summed E-state index contributed by atoms with van der Waals surface area (Å²) in [6.07, 6.45) is 0. The number of amides is 1. The van der Waals surface area contributed by atoms with Gasteiger partial charge in [0.2, 0.25) is 0 Å². The average molecular weight is 394 g/mol. The molecule has 3 aromatic rings. The van der Waals surface area contributed by atoms with Crippen molar-refractivity contribution in [2.45, 2.75) is 6.92 Å². The molecule has 1 aliphatic rings. The Morgan fingerprint density at radius 1 is 1.10 bits per heavy atom. The molecule has 4 rings (SSSR count). The van der Waals surface area contributed by atoms with Crippen molar-refractivity contribution in [3.63, 3.8) is 0 Å². The molecule has 7 heteroatoms. The Hall–Kier alpha value is -3.03. The number of hydrogen-bond donors (Lipinski definition) is 1. The monoisotopic (exact) mass is 394 g/mol. The van der Waals surface area contributed by atoms with Crippen LogP contribution in [0.25, 0.3) is 22.0 Å². The van der Waals surface area contributed by atoms with Crippen molar-refractivity contribution in [1.82, 2.24) is 19.9 Å². The number of aromatic amines is 1. The molecule has 1 saturated heterocycles. The minimum Gasteiger partial charge on any atom is -0.321 e. The molecule has 29 heavy (non-hydrogen) atoms. The number of likely N-dealkylation sites (N-methyl/N-ethyl adjacent to an activating group) is 1. The number of halogens is 1. The highest BCUT2D eigenvalue weighted by molar-refractivity contribution is 5.94. The van der Waals surface area contributed by atoms with Crippen LogP contribution in [0.4, 0.5) is 4.39 Å². The van der Waals surface area contributed by atoms with E-state index in [-0.39, 0.29) is 11.5 Å². The fraction of sp³-hybridized carbons (Fsp3) is 0.273. The van der Waals surface area contributed by atoms with E-state index in [0.29, 0.717) is 27.6 Å². The first-order chi connectivity index (χ1) is 13.8. The summed E-state index contributed by atoms with van der Waals surface area (Å²) in [5, 5.41) is 4.69. The van der Waals surface area contributed by atoms with Crippen LogP contribution in [0, 0.1) is 12.7 Å². The molecule has 1 fully saturated rings. The van der Waals surface area contributed by atoms with Gasteiger partial charge >= 0.3 is 0 Å². The van der Waals surface area contributed by atoms with Gasteiger partial charge in [-0.25, -0.2) is 9.40 Å². The van der Waals surface area contributed by atoms with Gasteiger partial charge in [0.15, 0.2) is 0 Å². The summed E-state index contributed by atoms with van der Waals surface area (Å²) in [4.78, 5) is 30.1. The molecule has 6 nitrogen and oxygen atoms in total. The first kappa shape index (κ1) is 19.3. The Kier molecular flexibility index (Phi) is 4.94. The molecule has 1 aliphatic heterocycles. The Balaban J connectivity index is 1.63. The van der Waals surface area contributed by atoms with E-state index in [9.17, 15) is 14.0 Å². The predicted octanol–water partition coefficient (Wildman–Crippen LogP) is 2.83. The van der Waals surface area contributed by atoms with Crippen LogP contribution in [-0.4, -0.2) is 59.7 Å². The predicted molar refractivity (Wildman–Crippen MR) is 111 cm³/mol. The molecule has 150 valence electrons. The highest BCUT2D eigenvalue weighted by atomic mass is 19.1. The number of aromatic nitrogens is 1. The number of aryl methyl sites for hydroxylation is 1. The zero-order chi connectivity index (χ0) is 20.7. The molecule has 0 atom stereocenters. The lowest BCUT2D eigenvalue weighted by Crippen LogP contribution is -2.43. The molecule has 1 N–H and O–H groups in total. The van der Waals surface area contributed by atoms with E-state index in [2.05, 4.69) is 9.88 Å². The van der Waals surface area contributed by atoms with Gasteiger partial charge < -0.3 is 4.98 Å². The number of H-pyrrole nitrogens is 1. The number of pyridine rings is 1. The summed E-state index contributed by atoms with van der Waals surface area (Å²) < 4.78 is 13.6. The molecule has 2 heterocycles. The van der Waals surface area contributed by atoms with Crippen molar-refractivity contribution in [3.05, 3.63) is 69.8 Å². The summed E-state index contributed by atoms with van der Waals surface area (Å²) in [5.41, 5.74) is 2.36. The highest BCUT2D eigenvalue weighted by Crippen LogP contribution is 2.24. The quantitative estimate of drug-likeness (QED) is 0.742. The van der Waals surface area contributed by atoms with Gasteiger partial charge in [-0.05, 0) is 60.8 Å². The summed E-state index contributed by atoms with van der Waals surface area (Å²) in [6, 6.07) is 11.6. The molecule has 2 aromatic carbocycles. The summed E-state index contributed by atoms with van der Waals surface area (Å²) in [6.45, 7) is 4.24. The van der Waals surface area contributed by atoms with E-state index in [1.165, 1.54) is 12.1 Å². The summed E-state index contributed by atoms with van der Waals surface area (Å²) in [7, 11) is 3.80. The lowest BCUT2D eigenvalue weighted by molar-refractivity contribution is 0.0126. The molecule has 0 aliphatic carbocycles. The van der Waals surface area contributed by atoms with Gasteiger partial charge in [-0.3, -0.25) is 19.5 Å². The first-order valence-electron chi connectivity index (χ1n) is 9.48. The fourth-order valence-electron chi connectivity index (χ4n) is 3.72. The maximum atomic E-state index is 13.6. The van der Waals surface area contributed by atoms with Crippen LogP contribution in [0.3, 0.4) is 0 Å². The third-order valence-corrected chi connectivity index (χ3v) is 5.44. The van der Waals surface area contributed by atoms with Crippen molar-refractivity contribution >= 4 is 16.7 Å². The molecule has 0 bridgehead atoms. The van der Waals surface area contributed by atoms with Gasteiger partial charge in [0.05, 0.1) is 12.1 Å². The number of nitrogens with zero attached hydrogens (tertiary/aromatic N) is 3. The second kappa shape index (κ2) is 7.42. The number of fused-ring (bicyclic) bond motifs is 1. The number of carbonyl (C=O) groups is 1. The zero-order valence-electron chi connectivity index (χ0n) is 16.7. The maximum absolute atomic E-state index is 13.6. The fourth-order valence-corrected chi connectivity index (χ4v) is 3.72. The molecule has 0 radical (unpaired) electrons. The number of carbonyl (C=O) groups excluding carboxylic acids is 1. The summed E-state index contributed by atoms with van der Waals surface area (Å²) in [5.74, 6) is -0.505. The van der Waals surface area contributed by atoms with E-state index in [4.69, 9.17) is 0 Å². The topological polar surface area (TPSA) is 59.7 Å². The Morgan fingerprint density at radius 3 is 2.48 bits per heavy atom. The lowest BCUT2D eigenvalue weighted by Gasteiger charge is -2.27. The molecule has 0 saturated carbocycles. The largest absolute Gasteiger partial charge is 0.321 e. The van der Waals surface area contributed by atoms with Crippen molar-refractivity contribution in [1.29, 1.82) is 0 Å². The smallest absolute Gasteiger partial charge is 0.267 e. The number of hydrazine groups is 1. The first-order valence-corrected chi connectivity index (χ1v) is 9.48. The highest BCUT2D eigenvalue weighted by Gasteiger charge is 2.24. The van der Waals surface area contributed by atoms with Crippen molar-refractivity contribution in [2.24, 2.45) is 0 Å². The molecular formula is C22H23FN4O2. The van der Waals surface area contributed by atoms with Gasteiger partial charge in [-0.15, -0.1) is 0 Å². The minimum atomic E-state index is -0.426. The average Bonchev–Trinajstić information content (AvgIpc) is 3.14. The van der Waals surface area contributed by atoms with Crippen LogP contribution < -0.4 is 5.56 Å². The van der Waals surface area contributed by atoms with Crippen LogP contribution in [0.2, 0.25) is 0 Å². The normalized spacial score (nSPS) is 15.2. The van der Waals surface area contributed by atoms with Gasteiger partial charge in [0, 0.05) is 31.4 Å². The molecule has 0 unspecified atom stereocenters. The standard InChI is InChI=1S/C22H23FN4O2/c1-14-10-17(23)11-19-18(14)12-20(24-21(19)28)15-4-6-16(7-5-15)22(29)26(3)27-9-8-25(2)13-27/h4-7,10-12H,8-9,13H2,1-3H3,(H,24,28).